The lowest BCUT2D eigenvalue weighted by Crippen LogP contribution is -1.95. The molecule has 0 amide bonds. The van der Waals surface area contributed by atoms with E-state index in [1.165, 1.54) is 6.20 Å². The maximum Gasteiger partial charge on any atom is 0.147 e. The van der Waals surface area contributed by atoms with Crippen LogP contribution in [0, 0.1) is 0 Å². The van der Waals surface area contributed by atoms with Crippen molar-refractivity contribution in [1.82, 2.24) is 15.0 Å². The van der Waals surface area contributed by atoms with Crippen LogP contribution in [0.25, 0.3) is 0 Å². The number of hydrogen-bond acceptors (Lipinski definition) is 2. The molecule has 0 saturated carbocycles. The molecule has 0 bridgehead atoms. The Kier molecular flexibility index (Phi) is 1.48. The lowest BCUT2D eigenvalue weighted by molar-refractivity contribution is 0.627. The third kappa shape index (κ3) is 0.816. The second-order valence-corrected chi connectivity index (χ2v) is 1.76. The van der Waals surface area contributed by atoms with Gasteiger partial charge in [-0.15, -0.1) is 5.10 Å². The minimum Gasteiger partial charge on any atom is -0.234 e. The molecular formula is C4H6ClN3. The van der Waals surface area contributed by atoms with Crippen LogP contribution in [0.5, 0.6) is 0 Å². The van der Waals surface area contributed by atoms with Gasteiger partial charge in [0.25, 0.3) is 0 Å². The van der Waals surface area contributed by atoms with Crippen LogP contribution in [-0.4, -0.2) is 15.0 Å². The predicted molar refractivity (Wildman–Crippen MR) is 30.7 cm³/mol. The van der Waals surface area contributed by atoms with E-state index < -0.39 is 0 Å². The van der Waals surface area contributed by atoms with Gasteiger partial charge in [-0.3, -0.25) is 0 Å². The van der Waals surface area contributed by atoms with Gasteiger partial charge in [-0.2, -0.15) is 0 Å². The van der Waals surface area contributed by atoms with Crippen LogP contribution in [0.1, 0.15) is 6.92 Å². The molecule has 1 heterocycles. The van der Waals surface area contributed by atoms with Gasteiger partial charge in [-0.1, -0.05) is 16.8 Å². The van der Waals surface area contributed by atoms with Gasteiger partial charge < -0.3 is 0 Å². The third-order valence-corrected chi connectivity index (χ3v) is 1.16. The molecule has 0 saturated heterocycles. The zero-order valence-corrected chi connectivity index (χ0v) is 5.26. The Morgan fingerprint density at radius 1 is 1.88 bits per heavy atom. The van der Waals surface area contributed by atoms with Crippen molar-refractivity contribution in [2.24, 2.45) is 0 Å². The number of aryl methyl sites for hydroxylation is 1. The van der Waals surface area contributed by atoms with Crippen LogP contribution in [0.2, 0.25) is 5.15 Å². The van der Waals surface area contributed by atoms with E-state index in [0.29, 0.717) is 5.15 Å². The summed E-state index contributed by atoms with van der Waals surface area (Å²) in [6.07, 6.45) is 1.52. The molecule has 0 fully saturated rings. The summed E-state index contributed by atoms with van der Waals surface area (Å²) in [5.41, 5.74) is 0. The van der Waals surface area contributed by atoms with E-state index in [1.807, 2.05) is 6.92 Å². The second kappa shape index (κ2) is 2.13. The van der Waals surface area contributed by atoms with E-state index in [-0.39, 0.29) is 0 Å². The summed E-state index contributed by atoms with van der Waals surface area (Å²) in [6.45, 7) is 2.74. The first-order valence-electron chi connectivity index (χ1n) is 2.38. The normalized spacial score (nSPS) is 9.75. The summed E-state index contributed by atoms with van der Waals surface area (Å²) in [7, 11) is 0. The van der Waals surface area contributed by atoms with Gasteiger partial charge in [0.2, 0.25) is 0 Å². The molecule has 4 heteroatoms. The number of aromatic nitrogens is 3. The highest BCUT2D eigenvalue weighted by Gasteiger charge is 1.93. The van der Waals surface area contributed by atoms with Crippen LogP contribution in [0.3, 0.4) is 0 Å². The van der Waals surface area contributed by atoms with Crippen LogP contribution >= 0.6 is 11.6 Å². The van der Waals surface area contributed by atoms with Crippen molar-refractivity contribution in [2.45, 2.75) is 13.5 Å². The van der Waals surface area contributed by atoms with Crippen molar-refractivity contribution in [3.63, 3.8) is 0 Å². The first kappa shape index (κ1) is 5.56. The summed E-state index contributed by atoms with van der Waals surface area (Å²) in [5, 5.41) is 7.83. The number of halogens is 1. The van der Waals surface area contributed by atoms with E-state index in [2.05, 4.69) is 10.3 Å². The number of nitrogens with zero attached hydrogens (tertiary/aromatic N) is 3. The van der Waals surface area contributed by atoms with Gasteiger partial charge in [0.1, 0.15) is 5.15 Å². The van der Waals surface area contributed by atoms with Crippen molar-refractivity contribution in [1.29, 1.82) is 0 Å². The van der Waals surface area contributed by atoms with Crippen LogP contribution < -0.4 is 0 Å². The van der Waals surface area contributed by atoms with E-state index >= 15 is 0 Å². The lowest BCUT2D eigenvalue weighted by Gasteiger charge is -1.90. The summed E-state index contributed by atoms with van der Waals surface area (Å²) >= 11 is 5.58. The third-order valence-electron chi connectivity index (χ3n) is 0.870. The van der Waals surface area contributed by atoms with Crippen LogP contribution in [0.15, 0.2) is 6.20 Å². The van der Waals surface area contributed by atoms with E-state index in [9.17, 15) is 0 Å². The summed E-state index contributed by atoms with van der Waals surface area (Å²) in [5.74, 6) is 0. The van der Waals surface area contributed by atoms with Gasteiger partial charge in [-0.05, 0) is 6.92 Å². The molecule has 0 radical (unpaired) electrons. The van der Waals surface area contributed by atoms with Crippen LogP contribution in [0.4, 0.5) is 0 Å². The number of hydrogen-bond donors (Lipinski definition) is 0. The Labute approximate surface area is 52.3 Å². The molecule has 1 aromatic heterocycles. The predicted octanol–water partition coefficient (Wildman–Crippen LogP) is 0.951. The summed E-state index contributed by atoms with van der Waals surface area (Å²) in [6, 6.07) is 0. The van der Waals surface area contributed by atoms with Crippen molar-refractivity contribution in [2.75, 3.05) is 0 Å². The zero-order chi connectivity index (χ0) is 5.98. The molecular weight excluding hydrogens is 126 g/mol. The van der Waals surface area contributed by atoms with Gasteiger partial charge in [0, 0.05) is 6.54 Å². The monoisotopic (exact) mass is 131 g/mol. The molecule has 0 aromatic carbocycles. The fourth-order valence-corrected chi connectivity index (χ4v) is 0.656. The van der Waals surface area contributed by atoms with Gasteiger partial charge >= 0.3 is 0 Å². The smallest absolute Gasteiger partial charge is 0.147 e. The highest BCUT2D eigenvalue weighted by molar-refractivity contribution is 6.29. The Hall–Kier alpha value is -0.570. The second-order valence-electron chi connectivity index (χ2n) is 1.37. The molecule has 3 nitrogen and oxygen atoms in total. The van der Waals surface area contributed by atoms with E-state index in [1.54, 1.807) is 4.68 Å². The molecule has 0 aliphatic heterocycles. The average Bonchev–Trinajstić information content (AvgIpc) is 2.14. The molecule has 0 unspecified atom stereocenters. The fourth-order valence-electron chi connectivity index (χ4n) is 0.459. The molecule has 1 rings (SSSR count). The summed E-state index contributed by atoms with van der Waals surface area (Å²) in [4.78, 5) is 0. The average molecular weight is 132 g/mol. The van der Waals surface area contributed by atoms with Gasteiger partial charge in [0.05, 0.1) is 6.20 Å². The highest BCUT2D eigenvalue weighted by atomic mass is 35.5. The molecule has 44 valence electrons. The maximum atomic E-state index is 5.58. The molecule has 0 N–H and O–H groups in total. The largest absolute Gasteiger partial charge is 0.234 e. The van der Waals surface area contributed by atoms with E-state index in [0.717, 1.165) is 6.54 Å². The van der Waals surface area contributed by atoms with Crippen molar-refractivity contribution in [3.05, 3.63) is 11.3 Å². The molecule has 0 aliphatic carbocycles. The van der Waals surface area contributed by atoms with Crippen molar-refractivity contribution >= 4 is 11.6 Å². The van der Waals surface area contributed by atoms with Gasteiger partial charge in [0.15, 0.2) is 0 Å². The molecule has 1 aromatic rings. The SMILES string of the molecule is CCn1nncc1Cl. The van der Waals surface area contributed by atoms with Gasteiger partial charge in [-0.25, -0.2) is 4.68 Å². The topological polar surface area (TPSA) is 30.7 Å². The molecule has 8 heavy (non-hydrogen) atoms. The first-order valence-corrected chi connectivity index (χ1v) is 2.76. The lowest BCUT2D eigenvalue weighted by atomic mass is 10.7. The highest BCUT2D eigenvalue weighted by Crippen LogP contribution is 2.01. The molecule has 0 aliphatic rings. The summed E-state index contributed by atoms with van der Waals surface area (Å²) < 4.78 is 1.61. The minimum atomic E-state index is 0.590. The number of rotatable bonds is 1. The quantitative estimate of drug-likeness (QED) is 0.568. The Morgan fingerprint density at radius 2 is 2.62 bits per heavy atom. The fraction of sp³-hybridized carbons (Fsp3) is 0.500. The first-order chi connectivity index (χ1) is 3.84. The van der Waals surface area contributed by atoms with Crippen LogP contribution in [-0.2, 0) is 6.54 Å². The Bertz CT molecular complexity index is 172. The maximum absolute atomic E-state index is 5.58. The Balaban J connectivity index is 2.92. The Morgan fingerprint density at radius 3 is 2.88 bits per heavy atom. The molecule has 0 atom stereocenters. The minimum absolute atomic E-state index is 0.590. The molecule has 0 spiro atoms. The van der Waals surface area contributed by atoms with E-state index in [4.69, 9.17) is 11.6 Å². The van der Waals surface area contributed by atoms with Crippen molar-refractivity contribution in [3.8, 4) is 0 Å². The van der Waals surface area contributed by atoms with Crippen molar-refractivity contribution < 1.29 is 0 Å². The zero-order valence-electron chi connectivity index (χ0n) is 4.50. The standard InChI is InChI=1S/C4H6ClN3/c1-2-8-4(5)3-6-7-8/h3H,2H2,1H3.